The van der Waals surface area contributed by atoms with Crippen LogP contribution in [0.3, 0.4) is 0 Å². The Balaban J connectivity index is 1.70. The highest BCUT2D eigenvalue weighted by Crippen LogP contribution is 2.35. The fraction of sp³-hybridized carbons (Fsp3) is 0.174. The molecule has 0 spiro atoms. The molecule has 4 aromatic rings. The highest BCUT2D eigenvalue weighted by atomic mass is 19.1. The van der Waals surface area contributed by atoms with Crippen molar-refractivity contribution >= 4 is 28.6 Å². The number of nitrogens with one attached hydrogen (secondary N) is 2. The van der Waals surface area contributed by atoms with Crippen LogP contribution in [0.25, 0.3) is 22.2 Å². The quantitative estimate of drug-likeness (QED) is 0.497. The largest absolute Gasteiger partial charge is 0.480 e. The van der Waals surface area contributed by atoms with Crippen LogP contribution < -0.4 is 10.1 Å². The summed E-state index contributed by atoms with van der Waals surface area (Å²) in [5.41, 5.74) is 4.50. The van der Waals surface area contributed by atoms with Gasteiger partial charge in [0.05, 0.1) is 12.5 Å². The van der Waals surface area contributed by atoms with Gasteiger partial charge in [-0.05, 0) is 48.4 Å². The summed E-state index contributed by atoms with van der Waals surface area (Å²) in [6.07, 6.45) is 1.80. The van der Waals surface area contributed by atoms with E-state index in [1.165, 1.54) is 17.0 Å². The third-order valence-electron chi connectivity index (χ3n) is 4.97. The van der Waals surface area contributed by atoms with E-state index in [0.717, 1.165) is 22.4 Å². The summed E-state index contributed by atoms with van der Waals surface area (Å²) >= 11 is 0. The predicted molar refractivity (Wildman–Crippen MR) is 118 cm³/mol. The van der Waals surface area contributed by atoms with E-state index in [1.807, 2.05) is 19.1 Å². The maximum Gasteiger partial charge on any atom is 0.253 e. The van der Waals surface area contributed by atoms with E-state index in [1.54, 1.807) is 45.6 Å². The van der Waals surface area contributed by atoms with Crippen LogP contribution in [0.15, 0.2) is 48.7 Å². The van der Waals surface area contributed by atoms with Crippen LogP contribution >= 0.6 is 0 Å². The molecule has 0 aliphatic heterocycles. The van der Waals surface area contributed by atoms with Crippen molar-refractivity contribution in [2.24, 2.45) is 0 Å². The maximum atomic E-state index is 13.3. The standard InChI is InChI=1S/C23H22FN5O2/c1-13-11-15(22(30)29(2)3)7-10-18(13)26-23-27-20-19(21(28-23)31-4)17(12-25-20)14-5-8-16(24)9-6-14/h5-12H,1-4H3,(H2,25,26,27,28). The van der Waals surface area contributed by atoms with Crippen molar-refractivity contribution in [2.75, 3.05) is 26.5 Å². The molecule has 0 fully saturated rings. The number of halogens is 1. The molecule has 4 rings (SSSR count). The number of aromatic amines is 1. The van der Waals surface area contributed by atoms with Crippen molar-refractivity contribution in [1.29, 1.82) is 0 Å². The summed E-state index contributed by atoms with van der Waals surface area (Å²) < 4.78 is 18.8. The predicted octanol–water partition coefficient (Wildman–Crippen LogP) is 4.53. The number of carbonyl (C=O) groups is 1. The van der Waals surface area contributed by atoms with Gasteiger partial charge in [-0.3, -0.25) is 4.79 Å². The molecule has 158 valence electrons. The number of fused-ring (bicyclic) bond motifs is 1. The molecule has 0 saturated heterocycles. The van der Waals surface area contributed by atoms with Crippen molar-refractivity contribution < 1.29 is 13.9 Å². The van der Waals surface area contributed by atoms with Gasteiger partial charge in [-0.15, -0.1) is 0 Å². The molecule has 2 N–H and O–H groups in total. The zero-order chi connectivity index (χ0) is 22.1. The van der Waals surface area contributed by atoms with Crippen LogP contribution in [0.1, 0.15) is 15.9 Å². The topological polar surface area (TPSA) is 83.1 Å². The lowest BCUT2D eigenvalue weighted by atomic mass is 10.1. The van der Waals surface area contributed by atoms with Crippen molar-refractivity contribution in [3.63, 3.8) is 0 Å². The minimum Gasteiger partial charge on any atom is -0.480 e. The van der Waals surface area contributed by atoms with Crippen molar-refractivity contribution in [2.45, 2.75) is 6.92 Å². The fourth-order valence-electron chi connectivity index (χ4n) is 3.38. The van der Waals surface area contributed by atoms with Crippen LogP contribution in [0.4, 0.5) is 16.0 Å². The number of ether oxygens (including phenoxy) is 1. The first-order valence-corrected chi connectivity index (χ1v) is 9.65. The minimum atomic E-state index is -0.299. The van der Waals surface area contributed by atoms with Crippen LogP contribution in [-0.2, 0) is 0 Å². The summed E-state index contributed by atoms with van der Waals surface area (Å²) in [4.78, 5) is 25.9. The van der Waals surface area contributed by atoms with E-state index >= 15 is 0 Å². The molecule has 2 aromatic heterocycles. The molecular weight excluding hydrogens is 397 g/mol. The van der Waals surface area contributed by atoms with Crippen LogP contribution in [0.5, 0.6) is 5.88 Å². The smallest absolute Gasteiger partial charge is 0.253 e. The second kappa shape index (κ2) is 8.06. The SMILES string of the molecule is COc1nc(Nc2ccc(C(=O)N(C)C)cc2C)nc2[nH]cc(-c3ccc(F)cc3)c12. The molecule has 1 amide bonds. The Hall–Kier alpha value is -3.94. The van der Waals surface area contributed by atoms with Gasteiger partial charge in [0.1, 0.15) is 11.5 Å². The van der Waals surface area contributed by atoms with E-state index in [2.05, 4.69) is 20.3 Å². The number of anilines is 2. The molecule has 7 nitrogen and oxygen atoms in total. The third-order valence-corrected chi connectivity index (χ3v) is 4.97. The number of H-pyrrole nitrogens is 1. The monoisotopic (exact) mass is 419 g/mol. The molecule has 0 aliphatic carbocycles. The number of amides is 1. The molecule has 0 radical (unpaired) electrons. The number of benzene rings is 2. The number of hydrogen-bond donors (Lipinski definition) is 2. The first-order chi connectivity index (χ1) is 14.9. The fourth-order valence-corrected chi connectivity index (χ4v) is 3.38. The van der Waals surface area contributed by atoms with Crippen molar-refractivity contribution in [3.8, 4) is 17.0 Å². The number of aryl methyl sites for hydroxylation is 1. The Bertz CT molecular complexity index is 1270. The molecule has 0 aliphatic rings. The Morgan fingerprint density at radius 3 is 2.52 bits per heavy atom. The van der Waals surface area contributed by atoms with Gasteiger partial charge >= 0.3 is 0 Å². The summed E-state index contributed by atoms with van der Waals surface area (Å²) in [6.45, 7) is 1.91. The maximum absolute atomic E-state index is 13.3. The number of carbonyl (C=O) groups excluding carboxylic acids is 1. The summed E-state index contributed by atoms with van der Waals surface area (Å²) in [6, 6.07) is 11.6. The van der Waals surface area contributed by atoms with Gasteiger partial charge in [0.15, 0.2) is 0 Å². The molecular formula is C23H22FN5O2. The second-order valence-electron chi connectivity index (χ2n) is 7.34. The summed E-state index contributed by atoms with van der Waals surface area (Å²) in [7, 11) is 4.98. The highest BCUT2D eigenvalue weighted by Gasteiger charge is 2.17. The lowest BCUT2D eigenvalue weighted by Crippen LogP contribution is -2.21. The van der Waals surface area contributed by atoms with Gasteiger partial charge in [-0.25, -0.2) is 4.39 Å². The first kappa shape index (κ1) is 20.3. The van der Waals surface area contributed by atoms with Crippen LogP contribution in [-0.4, -0.2) is 47.0 Å². The van der Waals surface area contributed by atoms with E-state index < -0.39 is 0 Å². The van der Waals surface area contributed by atoms with Gasteiger partial charge in [-0.1, -0.05) is 12.1 Å². The zero-order valence-corrected chi connectivity index (χ0v) is 17.7. The molecule has 31 heavy (non-hydrogen) atoms. The van der Waals surface area contributed by atoms with Gasteiger partial charge in [0.25, 0.3) is 5.91 Å². The third kappa shape index (κ3) is 3.92. The van der Waals surface area contributed by atoms with Crippen molar-refractivity contribution in [3.05, 3.63) is 65.6 Å². The minimum absolute atomic E-state index is 0.0614. The first-order valence-electron chi connectivity index (χ1n) is 9.65. The molecule has 2 heterocycles. The summed E-state index contributed by atoms with van der Waals surface area (Å²) in [5, 5.41) is 3.91. The average molecular weight is 419 g/mol. The number of hydrogen-bond acceptors (Lipinski definition) is 5. The van der Waals surface area contributed by atoms with Crippen LogP contribution in [0.2, 0.25) is 0 Å². The molecule has 0 bridgehead atoms. The Labute approximate surface area is 178 Å². The molecule has 2 aromatic carbocycles. The van der Waals surface area contributed by atoms with Gasteiger partial charge in [0.2, 0.25) is 11.8 Å². The van der Waals surface area contributed by atoms with E-state index in [4.69, 9.17) is 4.74 Å². The van der Waals surface area contributed by atoms with Gasteiger partial charge < -0.3 is 19.9 Å². The Morgan fingerprint density at radius 2 is 1.87 bits per heavy atom. The number of aromatic nitrogens is 3. The average Bonchev–Trinajstić information content (AvgIpc) is 3.18. The van der Waals surface area contributed by atoms with Crippen LogP contribution in [0, 0.1) is 12.7 Å². The normalized spacial score (nSPS) is 10.9. The number of methoxy groups -OCH3 is 1. The molecule has 0 saturated carbocycles. The van der Waals surface area contributed by atoms with E-state index in [9.17, 15) is 9.18 Å². The van der Waals surface area contributed by atoms with E-state index in [0.29, 0.717) is 28.4 Å². The Kier molecular flexibility index (Phi) is 5.29. The molecule has 8 heteroatoms. The summed E-state index contributed by atoms with van der Waals surface area (Å²) in [5.74, 6) is 0.387. The van der Waals surface area contributed by atoms with Gasteiger partial charge in [-0.2, -0.15) is 9.97 Å². The lowest BCUT2D eigenvalue weighted by molar-refractivity contribution is 0.0827. The Morgan fingerprint density at radius 1 is 1.13 bits per heavy atom. The highest BCUT2D eigenvalue weighted by molar-refractivity contribution is 5.98. The molecule has 0 unspecified atom stereocenters. The van der Waals surface area contributed by atoms with E-state index in [-0.39, 0.29) is 11.7 Å². The number of nitrogens with zero attached hydrogens (tertiary/aromatic N) is 3. The molecule has 0 atom stereocenters. The van der Waals surface area contributed by atoms with Crippen molar-refractivity contribution in [1.82, 2.24) is 19.9 Å². The second-order valence-corrected chi connectivity index (χ2v) is 7.34. The number of rotatable bonds is 5. The van der Waals surface area contributed by atoms with Gasteiger partial charge in [0, 0.05) is 37.1 Å². The zero-order valence-electron chi connectivity index (χ0n) is 17.7. The lowest BCUT2D eigenvalue weighted by Gasteiger charge is -2.13.